The SMILES string of the molecule is CNCCC1CCN(C(=O)c2ccc(CCNS(C)(=O)=O)s2)CC1. The van der Waals surface area contributed by atoms with E-state index in [2.05, 4.69) is 10.0 Å². The number of nitrogens with one attached hydrogen (secondary N) is 2. The summed E-state index contributed by atoms with van der Waals surface area (Å²) in [6.45, 7) is 3.06. The summed E-state index contributed by atoms with van der Waals surface area (Å²) in [4.78, 5) is 16.3. The number of hydrogen-bond donors (Lipinski definition) is 2. The summed E-state index contributed by atoms with van der Waals surface area (Å²) in [6.07, 6.45) is 5.08. The molecular weight excluding hydrogens is 346 g/mol. The molecule has 0 aliphatic carbocycles. The Morgan fingerprint density at radius 3 is 2.62 bits per heavy atom. The molecule has 0 aromatic carbocycles. The van der Waals surface area contributed by atoms with Crippen molar-refractivity contribution in [2.75, 3.05) is 39.5 Å². The molecule has 2 N–H and O–H groups in total. The molecule has 0 saturated carbocycles. The maximum Gasteiger partial charge on any atom is 0.263 e. The van der Waals surface area contributed by atoms with E-state index in [9.17, 15) is 13.2 Å². The first kappa shape index (κ1) is 19.4. The molecule has 0 radical (unpaired) electrons. The monoisotopic (exact) mass is 373 g/mol. The lowest BCUT2D eigenvalue weighted by Gasteiger charge is -2.31. The second-order valence-corrected chi connectivity index (χ2v) is 9.31. The molecule has 0 spiro atoms. The Hall–Kier alpha value is -0.960. The van der Waals surface area contributed by atoms with Gasteiger partial charge in [-0.2, -0.15) is 0 Å². The highest BCUT2D eigenvalue weighted by atomic mass is 32.2. The topological polar surface area (TPSA) is 78.5 Å². The van der Waals surface area contributed by atoms with Gasteiger partial charge < -0.3 is 10.2 Å². The number of piperidine rings is 1. The Morgan fingerprint density at radius 1 is 1.29 bits per heavy atom. The van der Waals surface area contributed by atoms with Crippen LogP contribution < -0.4 is 10.0 Å². The number of thiophene rings is 1. The van der Waals surface area contributed by atoms with Gasteiger partial charge in [0.05, 0.1) is 11.1 Å². The van der Waals surface area contributed by atoms with E-state index in [0.29, 0.717) is 18.9 Å². The first-order chi connectivity index (χ1) is 11.4. The average molecular weight is 374 g/mol. The van der Waals surface area contributed by atoms with Gasteiger partial charge in [-0.1, -0.05) is 0 Å². The average Bonchev–Trinajstić information content (AvgIpc) is 3.00. The Bertz CT molecular complexity index is 635. The second-order valence-electron chi connectivity index (χ2n) is 6.31. The van der Waals surface area contributed by atoms with E-state index in [4.69, 9.17) is 0 Å². The van der Waals surface area contributed by atoms with Crippen LogP contribution in [0, 0.1) is 5.92 Å². The number of rotatable bonds is 8. The molecule has 0 bridgehead atoms. The van der Waals surface area contributed by atoms with Crippen LogP contribution in [-0.2, 0) is 16.4 Å². The Balaban J connectivity index is 1.81. The molecule has 6 nitrogen and oxygen atoms in total. The minimum absolute atomic E-state index is 0.106. The summed E-state index contributed by atoms with van der Waals surface area (Å²) in [6, 6.07) is 3.78. The highest BCUT2D eigenvalue weighted by Crippen LogP contribution is 2.24. The van der Waals surface area contributed by atoms with Crippen LogP contribution in [0.2, 0.25) is 0 Å². The van der Waals surface area contributed by atoms with Crippen LogP contribution in [0.1, 0.15) is 33.8 Å². The zero-order valence-corrected chi connectivity index (χ0v) is 16.0. The van der Waals surface area contributed by atoms with Crippen molar-refractivity contribution in [3.63, 3.8) is 0 Å². The molecule has 24 heavy (non-hydrogen) atoms. The minimum atomic E-state index is -3.16. The van der Waals surface area contributed by atoms with Crippen LogP contribution in [0.5, 0.6) is 0 Å². The molecule has 2 heterocycles. The second kappa shape index (κ2) is 8.94. The van der Waals surface area contributed by atoms with Crippen molar-refractivity contribution in [3.8, 4) is 0 Å². The van der Waals surface area contributed by atoms with Gasteiger partial charge in [-0.3, -0.25) is 4.79 Å². The van der Waals surface area contributed by atoms with E-state index in [1.807, 2.05) is 24.1 Å². The molecule has 0 atom stereocenters. The standard InChI is InChI=1S/C16H27N3O3S2/c1-17-9-5-13-7-11-19(12-8-13)16(20)15-4-3-14(23-15)6-10-18-24(2,21)22/h3-4,13,17-18H,5-12H2,1-2H3. The van der Waals surface area contributed by atoms with Gasteiger partial charge in [0.25, 0.3) is 5.91 Å². The van der Waals surface area contributed by atoms with Gasteiger partial charge in [0.1, 0.15) is 0 Å². The van der Waals surface area contributed by atoms with Crippen molar-refractivity contribution in [2.24, 2.45) is 5.92 Å². The van der Waals surface area contributed by atoms with Crippen LogP contribution >= 0.6 is 11.3 Å². The van der Waals surface area contributed by atoms with Crippen LogP contribution in [-0.4, -0.2) is 58.7 Å². The van der Waals surface area contributed by atoms with E-state index in [1.54, 1.807) is 0 Å². The number of likely N-dealkylation sites (tertiary alicyclic amines) is 1. The lowest BCUT2D eigenvalue weighted by molar-refractivity contribution is 0.0692. The molecule has 1 saturated heterocycles. The summed E-state index contributed by atoms with van der Waals surface area (Å²) in [5.41, 5.74) is 0. The van der Waals surface area contributed by atoms with Crippen molar-refractivity contribution in [2.45, 2.75) is 25.7 Å². The highest BCUT2D eigenvalue weighted by molar-refractivity contribution is 7.88. The number of hydrogen-bond acceptors (Lipinski definition) is 5. The van der Waals surface area contributed by atoms with E-state index in [0.717, 1.165) is 48.5 Å². The minimum Gasteiger partial charge on any atom is -0.338 e. The lowest BCUT2D eigenvalue weighted by Crippen LogP contribution is -2.38. The fourth-order valence-electron chi connectivity index (χ4n) is 2.92. The van der Waals surface area contributed by atoms with Crippen molar-refractivity contribution in [3.05, 3.63) is 21.9 Å². The van der Waals surface area contributed by atoms with Gasteiger partial charge in [0.2, 0.25) is 10.0 Å². The number of nitrogens with zero attached hydrogens (tertiary/aromatic N) is 1. The van der Waals surface area contributed by atoms with Crippen LogP contribution in [0.3, 0.4) is 0 Å². The third-order valence-corrected chi connectivity index (χ3v) is 6.17. The zero-order chi connectivity index (χ0) is 17.6. The molecule has 2 rings (SSSR count). The molecule has 1 aromatic rings. The van der Waals surface area contributed by atoms with Gasteiger partial charge in [0.15, 0.2) is 0 Å². The molecule has 8 heteroatoms. The van der Waals surface area contributed by atoms with E-state index >= 15 is 0 Å². The predicted octanol–water partition coefficient (Wildman–Crippen LogP) is 1.30. The maximum absolute atomic E-state index is 12.6. The molecule has 1 aliphatic rings. The van der Waals surface area contributed by atoms with Crippen LogP contribution in [0.25, 0.3) is 0 Å². The summed E-state index contributed by atoms with van der Waals surface area (Å²) in [5.74, 6) is 0.817. The van der Waals surface area contributed by atoms with Crippen LogP contribution in [0.4, 0.5) is 0 Å². The van der Waals surface area contributed by atoms with E-state index in [1.165, 1.54) is 17.8 Å². The molecule has 1 amide bonds. The summed E-state index contributed by atoms with van der Waals surface area (Å²) >= 11 is 1.46. The molecule has 1 aromatic heterocycles. The highest BCUT2D eigenvalue weighted by Gasteiger charge is 2.24. The molecule has 1 fully saturated rings. The Morgan fingerprint density at radius 2 is 2.00 bits per heavy atom. The van der Waals surface area contributed by atoms with Crippen molar-refractivity contribution in [1.82, 2.24) is 14.9 Å². The van der Waals surface area contributed by atoms with E-state index < -0.39 is 10.0 Å². The molecule has 1 aliphatic heterocycles. The van der Waals surface area contributed by atoms with Crippen molar-refractivity contribution >= 4 is 27.3 Å². The van der Waals surface area contributed by atoms with Gasteiger partial charge in [0, 0.05) is 24.5 Å². The summed E-state index contributed by atoms with van der Waals surface area (Å²) in [5, 5.41) is 3.18. The normalized spacial score (nSPS) is 16.5. The smallest absolute Gasteiger partial charge is 0.263 e. The number of sulfonamides is 1. The van der Waals surface area contributed by atoms with Crippen molar-refractivity contribution in [1.29, 1.82) is 0 Å². The Kier molecular flexibility index (Phi) is 7.21. The quantitative estimate of drug-likeness (QED) is 0.720. The number of carbonyl (C=O) groups is 1. The maximum atomic E-state index is 12.6. The third kappa shape index (κ3) is 6.16. The fourth-order valence-corrected chi connectivity index (χ4v) is 4.36. The molecule has 0 unspecified atom stereocenters. The molecular formula is C16H27N3O3S2. The fraction of sp³-hybridized carbons (Fsp3) is 0.688. The van der Waals surface area contributed by atoms with Crippen molar-refractivity contribution < 1.29 is 13.2 Å². The number of amides is 1. The summed E-state index contributed by atoms with van der Waals surface area (Å²) in [7, 11) is -1.19. The van der Waals surface area contributed by atoms with Gasteiger partial charge in [-0.05, 0) is 57.3 Å². The number of carbonyl (C=O) groups excluding carboxylic acids is 1. The predicted molar refractivity (Wildman–Crippen MR) is 98.0 cm³/mol. The zero-order valence-electron chi connectivity index (χ0n) is 14.4. The molecule has 136 valence electrons. The van der Waals surface area contributed by atoms with Crippen LogP contribution in [0.15, 0.2) is 12.1 Å². The van der Waals surface area contributed by atoms with Gasteiger partial charge in [-0.25, -0.2) is 13.1 Å². The first-order valence-electron chi connectivity index (χ1n) is 8.36. The Labute approximate surface area is 148 Å². The third-order valence-electron chi connectivity index (χ3n) is 4.31. The largest absolute Gasteiger partial charge is 0.338 e. The van der Waals surface area contributed by atoms with E-state index in [-0.39, 0.29) is 5.91 Å². The summed E-state index contributed by atoms with van der Waals surface area (Å²) < 4.78 is 24.6. The lowest BCUT2D eigenvalue weighted by atomic mass is 9.93. The van der Waals surface area contributed by atoms with Gasteiger partial charge in [-0.15, -0.1) is 11.3 Å². The first-order valence-corrected chi connectivity index (χ1v) is 11.1. The van der Waals surface area contributed by atoms with Gasteiger partial charge >= 0.3 is 0 Å².